The number of benzene rings is 7. The molecule has 1 heterocycles. The quantitative estimate of drug-likeness (QED) is 0.152. The van der Waals surface area contributed by atoms with Crippen molar-refractivity contribution in [3.8, 4) is 0 Å². The summed E-state index contributed by atoms with van der Waals surface area (Å²) < 4.78 is 6.14. The van der Waals surface area contributed by atoms with Gasteiger partial charge in [-0.3, -0.25) is 0 Å². The first kappa shape index (κ1) is 31.9. The van der Waals surface area contributed by atoms with Gasteiger partial charge in [0.25, 0.3) is 0 Å². The molecule has 1 saturated carbocycles. The molecule has 0 amide bonds. The van der Waals surface area contributed by atoms with Crippen LogP contribution in [0.1, 0.15) is 54.7 Å². The van der Waals surface area contributed by atoms with Crippen LogP contribution in [0.25, 0.3) is 21.9 Å². The third-order valence-corrected chi connectivity index (χ3v) is 10.7. The predicted molar refractivity (Wildman–Crippen MR) is 218 cm³/mol. The molecule has 0 unspecified atom stereocenters. The average molecular weight is 675 g/mol. The maximum Gasteiger partial charge on any atom is 0.135 e. The molecular formula is C49H42N2O. The Balaban J connectivity index is 0.972. The van der Waals surface area contributed by atoms with Gasteiger partial charge in [-0.25, -0.2) is 0 Å². The largest absolute Gasteiger partial charge is 0.456 e. The van der Waals surface area contributed by atoms with Crippen molar-refractivity contribution in [2.24, 2.45) is 0 Å². The summed E-state index contributed by atoms with van der Waals surface area (Å²) in [6, 6.07) is 63.4. The molecule has 3 nitrogen and oxygen atoms in total. The van der Waals surface area contributed by atoms with Gasteiger partial charge in [0.15, 0.2) is 0 Å². The number of hydrogen-bond acceptors (Lipinski definition) is 3. The SMILES string of the molecule is c1ccc(N(c2ccc(Cc3ccc(N(c4ccccc4)c4ccc5oc6ccccc6c5c4)cc3)cc2)c2ccc(C3CCCCC3)cc2)cc1. The molecule has 3 heteroatoms. The summed E-state index contributed by atoms with van der Waals surface area (Å²) >= 11 is 0. The number of furan rings is 1. The first-order chi connectivity index (χ1) is 25.8. The number of anilines is 6. The zero-order valence-corrected chi connectivity index (χ0v) is 29.4. The van der Waals surface area contributed by atoms with E-state index >= 15 is 0 Å². The number of rotatable bonds is 9. The van der Waals surface area contributed by atoms with Crippen molar-refractivity contribution in [1.29, 1.82) is 0 Å². The Kier molecular flexibility index (Phi) is 8.76. The van der Waals surface area contributed by atoms with Crippen molar-refractivity contribution in [3.05, 3.63) is 193 Å². The monoisotopic (exact) mass is 674 g/mol. The van der Waals surface area contributed by atoms with Gasteiger partial charge in [-0.15, -0.1) is 0 Å². The number of para-hydroxylation sites is 3. The van der Waals surface area contributed by atoms with Gasteiger partial charge in [-0.05, 0) is 127 Å². The molecule has 1 aliphatic rings. The van der Waals surface area contributed by atoms with E-state index in [2.05, 4.69) is 174 Å². The fourth-order valence-corrected chi connectivity index (χ4v) is 7.99. The molecule has 0 N–H and O–H groups in total. The van der Waals surface area contributed by atoms with E-state index in [1.807, 2.05) is 12.1 Å². The Bertz CT molecular complexity index is 2390. The third kappa shape index (κ3) is 6.47. The van der Waals surface area contributed by atoms with Crippen LogP contribution in [0.4, 0.5) is 34.1 Å². The van der Waals surface area contributed by atoms with Crippen LogP contribution in [0.2, 0.25) is 0 Å². The molecule has 1 aromatic heterocycles. The lowest BCUT2D eigenvalue weighted by atomic mass is 9.84. The van der Waals surface area contributed by atoms with E-state index in [4.69, 9.17) is 4.42 Å². The molecule has 0 atom stereocenters. The Morgan fingerprint density at radius 2 is 0.865 bits per heavy atom. The average Bonchev–Trinajstić information content (AvgIpc) is 3.59. The fourth-order valence-electron chi connectivity index (χ4n) is 7.99. The second kappa shape index (κ2) is 14.3. The van der Waals surface area contributed by atoms with Gasteiger partial charge >= 0.3 is 0 Å². The molecule has 8 aromatic rings. The van der Waals surface area contributed by atoms with Crippen molar-refractivity contribution in [2.75, 3.05) is 9.80 Å². The first-order valence-electron chi connectivity index (χ1n) is 18.7. The van der Waals surface area contributed by atoms with Crippen LogP contribution in [0.15, 0.2) is 180 Å². The first-order valence-corrected chi connectivity index (χ1v) is 18.7. The van der Waals surface area contributed by atoms with E-state index in [0.717, 1.165) is 51.1 Å². The molecular weight excluding hydrogens is 633 g/mol. The summed E-state index contributed by atoms with van der Waals surface area (Å²) in [6.07, 6.45) is 7.58. The van der Waals surface area contributed by atoms with E-state index in [-0.39, 0.29) is 0 Å². The fraction of sp³-hybridized carbons (Fsp3) is 0.143. The van der Waals surface area contributed by atoms with Gasteiger partial charge < -0.3 is 14.2 Å². The lowest BCUT2D eigenvalue weighted by Crippen LogP contribution is -2.10. The van der Waals surface area contributed by atoms with Gasteiger partial charge in [0.05, 0.1) is 0 Å². The van der Waals surface area contributed by atoms with Gasteiger partial charge in [0.1, 0.15) is 11.2 Å². The summed E-state index contributed by atoms with van der Waals surface area (Å²) in [6.45, 7) is 0. The van der Waals surface area contributed by atoms with Crippen molar-refractivity contribution in [1.82, 2.24) is 0 Å². The van der Waals surface area contributed by atoms with Crippen molar-refractivity contribution >= 4 is 56.1 Å². The minimum Gasteiger partial charge on any atom is -0.456 e. The highest BCUT2D eigenvalue weighted by Gasteiger charge is 2.18. The minimum absolute atomic E-state index is 0.704. The zero-order chi connectivity index (χ0) is 34.7. The van der Waals surface area contributed by atoms with Gasteiger partial charge in [-0.1, -0.05) is 110 Å². The molecule has 1 fully saturated rings. The molecule has 7 aromatic carbocycles. The Morgan fingerprint density at radius 3 is 1.46 bits per heavy atom. The van der Waals surface area contributed by atoms with E-state index in [9.17, 15) is 0 Å². The number of fused-ring (bicyclic) bond motifs is 3. The van der Waals surface area contributed by atoms with Crippen LogP contribution >= 0.6 is 0 Å². The Hall–Kier alpha value is -6.06. The summed E-state index contributed by atoms with van der Waals surface area (Å²) in [5.74, 6) is 0.704. The van der Waals surface area contributed by atoms with Crippen LogP contribution < -0.4 is 9.80 Å². The maximum atomic E-state index is 6.14. The highest BCUT2D eigenvalue weighted by atomic mass is 16.3. The maximum absolute atomic E-state index is 6.14. The highest BCUT2D eigenvalue weighted by molar-refractivity contribution is 6.06. The molecule has 0 spiro atoms. The van der Waals surface area contributed by atoms with E-state index in [1.165, 1.54) is 60.2 Å². The van der Waals surface area contributed by atoms with Gasteiger partial charge in [0, 0.05) is 44.9 Å². The van der Waals surface area contributed by atoms with Crippen molar-refractivity contribution in [2.45, 2.75) is 44.4 Å². The predicted octanol–water partition coefficient (Wildman–Crippen LogP) is 14.2. The lowest BCUT2D eigenvalue weighted by Gasteiger charge is -2.27. The van der Waals surface area contributed by atoms with E-state index in [0.29, 0.717) is 5.92 Å². The summed E-state index contributed by atoms with van der Waals surface area (Å²) in [7, 11) is 0. The molecule has 0 radical (unpaired) electrons. The number of nitrogens with zero attached hydrogens (tertiary/aromatic N) is 2. The molecule has 1 aliphatic carbocycles. The van der Waals surface area contributed by atoms with Crippen molar-refractivity contribution in [3.63, 3.8) is 0 Å². The molecule has 9 rings (SSSR count). The molecule has 0 saturated heterocycles. The summed E-state index contributed by atoms with van der Waals surface area (Å²) in [5.41, 5.74) is 12.7. The standard InChI is InChI=1S/C49H42N2O/c1-4-12-38(13-5-1)39-24-30-44(31-25-39)50(40-14-6-2-7-15-40)42-26-20-36(21-27-42)34-37-22-28-43(29-23-37)51(41-16-8-3-9-17-41)45-32-33-49-47(35-45)46-18-10-11-19-48(46)52-49/h2-3,6-11,14-33,35,38H,1,4-5,12-13,34H2. The third-order valence-electron chi connectivity index (χ3n) is 10.7. The van der Waals surface area contributed by atoms with Crippen LogP contribution in [0, 0.1) is 0 Å². The van der Waals surface area contributed by atoms with Gasteiger partial charge in [0.2, 0.25) is 0 Å². The van der Waals surface area contributed by atoms with Gasteiger partial charge in [-0.2, -0.15) is 0 Å². The normalized spacial score (nSPS) is 13.4. The van der Waals surface area contributed by atoms with Crippen LogP contribution in [-0.2, 0) is 6.42 Å². The van der Waals surface area contributed by atoms with Crippen LogP contribution in [0.3, 0.4) is 0 Å². The topological polar surface area (TPSA) is 19.6 Å². The molecule has 52 heavy (non-hydrogen) atoms. The van der Waals surface area contributed by atoms with Crippen LogP contribution in [0.5, 0.6) is 0 Å². The van der Waals surface area contributed by atoms with E-state index < -0.39 is 0 Å². The summed E-state index contributed by atoms with van der Waals surface area (Å²) in [5, 5.41) is 2.25. The molecule has 254 valence electrons. The van der Waals surface area contributed by atoms with Crippen LogP contribution in [-0.4, -0.2) is 0 Å². The zero-order valence-electron chi connectivity index (χ0n) is 29.4. The molecule has 0 bridgehead atoms. The smallest absolute Gasteiger partial charge is 0.135 e. The number of hydrogen-bond donors (Lipinski definition) is 0. The second-order valence-corrected chi connectivity index (χ2v) is 14.1. The Morgan fingerprint density at radius 1 is 0.404 bits per heavy atom. The minimum atomic E-state index is 0.704. The van der Waals surface area contributed by atoms with Crippen molar-refractivity contribution < 1.29 is 4.42 Å². The summed E-state index contributed by atoms with van der Waals surface area (Å²) in [4.78, 5) is 4.69. The Labute approximate surface area is 306 Å². The highest BCUT2D eigenvalue weighted by Crippen LogP contribution is 2.40. The second-order valence-electron chi connectivity index (χ2n) is 14.1. The van der Waals surface area contributed by atoms with E-state index in [1.54, 1.807) is 0 Å². The lowest BCUT2D eigenvalue weighted by molar-refractivity contribution is 0.443. The molecule has 0 aliphatic heterocycles.